The van der Waals surface area contributed by atoms with Crippen molar-refractivity contribution in [1.82, 2.24) is 0 Å². The number of ketones is 1. The first kappa shape index (κ1) is 44.2. The number of hydrogen-bond acceptors (Lipinski definition) is 8. The van der Waals surface area contributed by atoms with Crippen LogP contribution in [0, 0.1) is 0 Å². The van der Waals surface area contributed by atoms with E-state index >= 15 is 0 Å². The number of halogens is 6. The zero-order valence-electron chi connectivity index (χ0n) is 29.7. The predicted octanol–water partition coefficient (Wildman–Crippen LogP) is 3.86. The number of carboxylic acids is 2. The lowest BCUT2D eigenvalue weighted by molar-refractivity contribution is -0.344. The Hall–Kier alpha value is -6.23. The summed E-state index contributed by atoms with van der Waals surface area (Å²) in [5.41, 5.74) is 16.3. The van der Waals surface area contributed by atoms with Crippen molar-refractivity contribution < 1.29 is 71.3 Å². The third kappa shape index (κ3) is 13.3. The summed E-state index contributed by atoms with van der Waals surface area (Å²) in [7, 11) is 0. The Morgan fingerprint density at radius 2 is 1.27 bits per heavy atom. The van der Waals surface area contributed by atoms with Crippen LogP contribution in [0.2, 0.25) is 0 Å². The van der Waals surface area contributed by atoms with Crippen LogP contribution in [-0.4, -0.2) is 36.0 Å². The number of carbonyl (C=O) groups is 4. The van der Waals surface area contributed by atoms with Gasteiger partial charge in [-0.3, -0.25) is 15.0 Å². The van der Waals surface area contributed by atoms with Gasteiger partial charge in [-0.25, -0.2) is 0 Å². The van der Waals surface area contributed by atoms with Crippen LogP contribution in [0.4, 0.5) is 43.4 Å². The van der Waals surface area contributed by atoms with Gasteiger partial charge in [0.2, 0.25) is 5.91 Å². The quantitative estimate of drug-likeness (QED) is 0.0477. The van der Waals surface area contributed by atoms with Crippen LogP contribution in [0.3, 0.4) is 0 Å². The Balaban J connectivity index is 0.000000512. The van der Waals surface area contributed by atoms with E-state index in [1.807, 2.05) is 72.8 Å². The molecule has 1 heterocycles. The van der Waals surface area contributed by atoms with Gasteiger partial charge in [0.25, 0.3) is 0 Å². The lowest BCUT2D eigenvalue weighted by atomic mass is 9.88. The van der Waals surface area contributed by atoms with E-state index in [1.165, 1.54) is 0 Å². The number of nitrogens with one attached hydrogen (secondary N) is 1. The molecule has 1 aliphatic heterocycles. The first-order chi connectivity index (χ1) is 26.3. The molecule has 3 aromatic carbocycles. The number of quaternary nitrogens is 1. The molecular weight excluding hydrogens is 750 g/mol. The number of unbranched alkanes of at least 4 members (excludes halogenated alkanes) is 5. The number of aliphatic carboxylic acids is 2. The predicted molar refractivity (Wildman–Crippen MR) is 189 cm³/mol. The lowest BCUT2D eigenvalue weighted by Gasteiger charge is -2.17. The Morgan fingerprint density at radius 3 is 1.88 bits per heavy atom. The standard InChI is InChI=1S/C35H36N4O3.2C2HF3O2/c36-23-17-19-27-32(21-23)42-33-22-24(37)18-20-28(33)35(27)26-12-8-7-11-25(26)31(40)15-5-3-1-2-4-6-16-34(41)39-30-14-10-9-13-29(30)38;2*3-2(4,5)1(6)7/h7-14,17-22,36H,1-6,15-16,37-38H2,(H,39,41);2*(H,6,7). The van der Waals surface area contributed by atoms with Gasteiger partial charge in [0.15, 0.2) is 16.8 Å². The number of para-hydroxylation sites is 1. The molecule has 0 radical (unpaired) electrons. The average Bonchev–Trinajstić information content (AvgIpc) is 3.12. The smallest absolute Gasteiger partial charge is 0.430 e. The van der Waals surface area contributed by atoms with E-state index in [4.69, 9.17) is 35.4 Å². The summed E-state index contributed by atoms with van der Waals surface area (Å²) in [6.07, 6.45) is -3.69. The van der Waals surface area contributed by atoms with Crippen molar-refractivity contribution in [2.45, 2.75) is 63.7 Å². The van der Waals surface area contributed by atoms with Gasteiger partial charge in [0.1, 0.15) is 29.0 Å². The molecule has 0 unspecified atom stereocenters. The number of benzene rings is 4. The van der Waals surface area contributed by atoms with Crippen molar-refractivity contribution in [3.63, 3.8) is 0 Å². The van der Waals surface area contributed by atoms with Crippen LogP contribution in [0.15, 0.2) is 89.3 Å². The monoisotopic (exact) mass is 788 g/mol. The highest BCUT2D eigenvalue weighted by Crippen LogP contribution is 2.41. The molecule has 11 nitrogen and oxygen atoms in total. The van der Waals surface area contributed by atoms with E-state index < -0.39 is 24.3 Å². The summed E-state index contributed by atoms with van der Waals surface area (Å²) < 4.78 is 69.3. The Morgan fingerprint density at radius 1 is 0.714 bits per heavy atom. The zero-order valence-corrected chi connectivity index (χ0v) is 29.7. The molecule has 0 aromatic heterocycles. The number of nitrogens with two attached hydrogens (primary N) is 2. The fourth-order valence-electron chi connectivity index (χ4n) is 5.43. The van der Waals surface area contributed by atoms with Gasteiger partial charge in [0.05, 0.1) is 6.07 Å². The molecule has 0 atom stereocenters. The maximum atomic E-state index is 13.5. The summed E-state index contributed by atoms with van der Waals surface area (Å²) in [6.45, 7) is 0. The molecule has 56 heavy (non-hydrogen) atoms. The molecule has 1 aliphatic carbocycles. The number of Topliss-reactive ketones (excluding diaryl/α,β-unsaturated/α-hetero) is 1. The van der Waals surface area contributed by atoms with Crippen LogP contribution in [0.1, 0.15) is 61.7 Å². The van der Waals surface area contributed by atoms with E-state index in [-0.39, 0.29) is 11.7 Å². The normalized spacial score (nSPS) is 11.2. The lowest BCUT2D eigenvalue weighted by Crippen LogP contribution is -2.44. The Bertz CT molecular complexity index is 2160. The molecule has 8 N–H and O–H groups in total. The van der Waals surface area contributed by atoms with Crippen molar-refractivity contribution in [2.75, 3.05) is 11.1 Å². The van der Waals surface area contributed by atoms with Crippen LogP contribution in [-0.2, 0) is 14.4 Å². The number of carbonyl (C=O) groups excluding carboxylic acids is 4. The van der Waals surface area contributed by atoms with Crippen LogP contribution >= 0.6 is 0 Å². The van der Waals surface area contributed by atoms with Crippen LogP contribution in [0.25, 0.3) is 33.4 Å². The molecule has 0 fully saturated rings. The minimum absolute atomic E-state index is 0.0231. The Labute approximate surface area is 315 Å². The molecule has 2 aliphatic rings. The fraction of sp³-hybridized carbons (Fsp3) is 0.256. The van der Waals surface area contributed by atoms with Crippen molar-refractivity contribution in [2.24, 2.45) is 0 Å². The summed E-state index contributed by atoms with van der Waals surface area (Å²) in [4.78, 5) is 43.3. The van der Waals surface area contributed by atoms with E-state index in [1.54, 1.807) is 12.1 Å². The van der Waals surface area contributed by atoms with Gasteiger partial charge in [-0.15, -0.1) is 0 Å². The minimum atomic E-state index is -5.19. The molecule has 3 aromatic rings. The molecule has 1 amide bonds. The second-order valence-corrected chi connectivity index (χ2v) is 12.4. The second-order valence-electron chi connectivity index (χ2n) is 12.4. The largest absolute Gasteiger partial charge is 0.542 e. The molecule has 0 saturated carbocycles. The van der Waals surface area contributed by atoms with Gasteiger partial charge in [-0.1, -0.05) is 62.1 Å². The third-order valence-electron chi connectivity index (χ3n) is 8.08. The SMILES string of the molecule is Nc1ccc2c(-c3ccccc3C(=O)CCCCCCCCC(=O)Nc3ccccc3[NH3+])c3ccc(=[NH2+])cc-3oc2c1.O=C([O-])C(F)(F)F.O=C([O-])C(F)(F)F. The summed E-state index contributed by atoms with van der Waals surface area (Å²) in [5, 5.41) is 28.1. The molecule has 0 spiro atoms. The maximum absolute atomic E-state index is 13.5. The summed E-state index contributed by atoms with van der Waals surface area (Å²) in [6, 6.07) is 26.5. The number of fused-ring (bicyclic) bond motifs is 2. The average molecular weight is 789 g/mol. The van der Waals surface area contributed by atoms with Gasteiger partial charge < -0.3 is 41.0 Å². The Kier molecular flexibility index (Phi) is 15.7. The number of nitrogen functional groups attached to an aromatic ring is 1. The molecule has 5 rings (SSSR count). The van der Waals surface area contributed by atoms with Crippen molar-refractivity contribution in [3.05, 3.63) is 95.8 Å². The summed E-state index contributed by atoms with van der Waals surface area (Å²) in [5.74, 6) is -5.22. The van der Waals surface area contributed by atoms with E-state index in [0.29, 0.717) is 40.8 Å². The highest BCUT2D eigenvalue weighted by molar-refractivity contribution is 6.10. The number of anilines is 2. The number of carboxylic acid groups (broad SMARTS) is 2. The van der Waals surface area contributed by atoms with Crippen LogP contribution < -0.4 is 37.8 Å². The van der Waals surface area contributed by atoms with Gasteiger partial charge >= 0.3 is 12.4 Å². The van der Waals surface area contributed by atoms with Gasteiger partial charge in [-0.2, -0.15) is 26.3 Å². The van der Waals surface area contributed by atoms with Gasteiger partial charge in [0, 0.05) is 58.8 Å². The van der Waals surface area contributed by atoms with E-state index in [0.717, 1.165) is 72.0 Å². The molecule has 0 saturated heterocycles. The second kappa shape index (κ2) is 19.9. The molecule has 298 valence electrons. The molecular formula is C39H38F6N4O7. The molecule has 0 bridgehead atoms. The third-order valence-corrected chi connectivity index (χ3v) is 8.08. The first-order valence-corrected chi connectivity index (χ1v) is 17.0. The van der Waals surface area contributed by atoms with E-state index in [2.05, 4.69) is 11.1 Å². The van der Waals surface area contributed by atoms with Crippen LogP contribution in [0.5, 0.6) is 0 Å². The molecule has 17 heteroatoms. The zero-order chi connectivity index (χ0) is 41.6. The number of rotatable bonds is 12. The van der Waals surface area contributed by atoms with Crippen molar-refractivity contribution in [3.8, 4) is 22.5 Å². The highest BCUT2D eigenvalue weighted by Gasteiger charge is 2.29. The summed E-state index contributed by atoms with van der Waals surface area (Å²) >= 11 is 0. The number of hydrogen-bond donors (Lipinski definition) is 4. The number of alkyl halides is 6. The fourth-order valence-corrected chi connectivity index (χ4v) is 5.43. The number of amides is 1. The highest BCUT2D eigenvalue weighted by atomic mass is 19.4. The minimum Gasteiger partial charge on any atom is -0.542 e. The topological polar surface area (TPSA) is 219 Å². The first-order valence-electron chi connectivity index (χ1n) is 17.0. The van der Waals surface area contributed by atoms with E-state index in [9.17, 15) is 35.9 Å². The van der Waals surface area contributed by atoms with Gasteiger partial charge in [-0.05, 0) is 42.7 Å². The van der Waals surface area contributed by atoms with Crippen molar-refractivity contribution in [1.29, 1.82) is 0 Å². The van der Waals surface area contributed by atoms with Crippen molar-refractivity contribution >= 4 is 51.7 Å². The maximum Gasteiger partial charge on any atom is 0.430 e.